The molecule has 0 bridgehead atoms. The first-order valence-electron chi connectivity index (χ1n) is 11.8. The van der Waals surface area contributed by atoms with Gasteiger partial charge in [-0.15, -0.1) is 0 Å². The fraction of sp³-hybridized carbons (Fsp3) is 0.680. The van der Waals surface area contributed by atoms with Crippen LogP contribution in [0, 0.1) is 11.3 Å². The van der Waals surface area contributed by atoms with E-state index < -0.39 is 5.54 Å². The van der Waals surface area contributed by atoms with E-state index in [1.54, 1.807) is 14.2 Å². The van der Waals surface area contributed by atoms with Gasteiger partial charge in [0.05, 0.1) is 20.9 Å². The predicted molar refractivity (Wildman–Crippen MR) is 123 cm³/mol. The van der Waals surface area contributed by atoms with Gasteiger partial charge in [-0.3, -0.25) is 9.69 Å². The molecule has 0 aromatic heterocycles. The van der Waals surface area contributed by atoms with Crippen LogP contribution in [0.2, 0.25) is 0 Å². The summed E-state index contributed by atoms with van der Waals surface area (Å²) in [6.07, 6.45) is 5.38. The average molecular weight is 444 g/mol. The highest BCUT2D eigenvalue weighted by Crippen LogP contribution is 2.44. The van der Waals surface area contributed by atoms with E-state index in [2.05, 4.69) is 31.0 Å². The van der Waals surface area contributed by atoms with E-state index in [9.17, 15) is 9.59 Å². The number of ether oxygens (including phenoxy) is 2. The Bertz CT molecular complexity index is 870. The van der Waals surface area contributed by atoms with E-state index in [0.29, 0.717) is 12.6 Å². The monoisotopic (exact) mass is 443 g/mol. The molecule has 2 aliphatic heterocycles. The van der Waals surface area contributed by atoms with Crippen LogP contribution in [0.15, 0.2) is 18.2 Å². The molecule has 3 fully saturated rings. The number of rotatable bonds is 5. The van der Waals surface area contributed by atoms with E-state index in [0.717, 1.165) is 62.1 Å². The van der Waals surface area contributed by atoms with Crippen LogP contribution >= 0.6 is 0 Å². The van der Waals surface area contributed by atoms with Crippen molar-refractivity contribution in [3.05, 3.63) is 23.8 Å². The number of benzene rings is 1. The summed E-state index contributed by atoms with van der Waals surface area (Å²) >= 11 is 0. The van der Waals surface area contributed by atoms with Crippen molar-refractivity contribution in [2.24, 2.45) is 11.3 Å². The summed E-state index contributed by atoms with van der Waals surface area (Å²) < 4.78 is 11.0. The lowest BCUT2D eigenvalue weighted by Gasteiger charge is -2.40. The molecule has 0 radical (unpaired) electrons. The number of imide groups is 1. The van der Waals surface area contributed by atoms with Crippen LogP contribution < -0.4 is 14.8 Å². The van der Waals surface area contributed by atoms with Crippen LogP contribution in [0.3, 0.4) is 0 Å². The second kappa shape index (κ2) is 8.58. The number of nitrogens with zero attached hydrogens (tertiary/aromatic N) is 2. The Balaban J connectivity index is 1.48. The molecular formula is C25H37N3O4. The van der Waals surface area contributed by atoms with E-state index in [1.807, 2.05) is 18.2 Å². The summed E-state index contributed by atoms with van der Waals surface area (Å²) in [6, 6.07) is 5.70. The first-order valence-corrected chi connectivity index (χ1v) is 11.8. The van der Waals surface area contributed by atoms with Gasteiger partial charge < -0.3 is 14.8 Å². The van der Waals surface area contributed by atoms with Crippen LogP contribution in [-0.2, 0) is 4.79 Å². The second-order valence-corrected chi connectivity index (χ2v) is 10.6. The van der Waals surface area contributed by atoms with Gasteiger partial charge in [-0.1, -0.05) is 26.8 Å². The molecule has 1 atom stereocenters. The van der Waals surface area contributed by atoms with Crippen molar-refractivity contribution in [1.82, 2.24) is 15.1 Å². The Hall–Kier alpha value is -2.28. The number of likely N-dealkylation sites (tertiary alicyclic amines) is 1. The Morgan fingerprint density at radius 1 is 1.09 bits per heavy atom. The first-order chi connectivity index (χ1) is 15.2. The Kier molecular flexibility index (Phi) is 6.14. The fourth-order valence-electron chi connectivity index (χ4n) is 5.74. The highest BCUT2D eigenvalue weighted by Gasteiger charge is 2.53. The lowest BCUT2D eigenvalue weighted by molar-refractivity contribution is -0.134. The van der Waals surface area contributed by atoms with E-state index >= 15 is 0 Å². The van der Waals surface area contributed by atoms with E-state index in [-0.39, 0.29) is 23.4 Å². The van der Waals surface area contributed by atoms with Gasteiger partial charge in [0.25, 0.3) is 5.91 Å². The number of hydrogen-bond donors (Lipinski definition) is 1. The van der Waals surface area contributed by atoms with Crippen molar-refractivity contribution in [3.8, 4) is 11.5 Å². The van der Waals surface area contributed by atoms with Gasteiger partial charge in [0.1, 0.15) is 17.0 Å². The summed E-state index contributed by atoms with van der Waals surface area (Å²) in [4.78, 5) is 30.0. The maximum absolute atomic E-state index is 13.5. The largest absolute Gasteiger partial charge is 0.497 e. The molecule has 3 amide bonds. The maximum Gasteiger partial charge on any atom is 0.326 e. The minimum absolute atomic E-state index is 0.0535. The number of carbonyl (C=O) groups is 2. The molecule has 1 unspecified atom stereocenters. The number of methoxy groups -OCH3 is 2. The molecule has 2 heterocycles. The third-order valence-corrected chi connectivity index (χ3v) is 7.80. The van der Waals surface area contributed by atoms with Crippen LogP contribution in [0.5, 0.6) is 11.5 Å². The summed E-state index contributed by atoms with van der Waals surface area (Å²) in [5.41, 5.74) is 0.581. The standard InChI is InChI=1S/C25H37N3O4/c1-24(2,3)17-10-12-25(13-11-17)22(29)28(23(30)26-25)16-27-14-6-7-20(27)19-9-8-18(31-4)15-21(19)32-5/h8-9,15,17,20H,6-7,10-14,16H2,1-5H3,(H,26,30). The Labute approximate surface area is 191 Å². The minimum Gasteiger partial charge on any atom is -0.497 e. The Morgan fingerprint density at radius 3 is 2.44 bits per heavy atom. The van der Waals surface area contributed by atoms with Gasteiger partial charge in [-0.05, 0) is 55.9 Å². The van der Waals surface area contributed by atoms with E-state index in [4.69, 9.17) is 9.47 Å². The summed E-state index contributed by atoms with van der Waals surface area (Å²) in [7, 11) is 3.30. The molecular weight excluding hydrogens is 406 g/mol. The maximum atomic E-state index is 13.5. The van der Waals surface area contributed by atoms with Crippen molar-refractivity contribution in [3.63, 3.8) is 0 Å². The number of hydrogen-bond acceptors (Lipinski definition) is 5. The summed E-state index contributed by atoms with van der Waals surface area (Å²) in [6.45, 7) is 7.94. The third kappa shape index (κ3) is 4.07. The van der Waals surface area contributed by atoms with Crippen molar-refractivity contribution in [2.75, 3.05) is 27.4 Å². The normalized spacial score (nSPS) is 29.0. The number of nitrogens with one attached hydrogen (secondary N) is 1. The Morgan fingerprint density at radius 2 is 1.81 bits per heavy atom. The zero-order valence-electron chi connectivity index (χ0n) is 20.1. The SMILES string of the molecule is COc1ccc(C2CCCN2CN2C(=O)NC3(CCC(C(C)(C)C)CC3)C2=O)c(OC)c1. The van der Waals surface area contributed by atoms with Gasteiger partial charge in [0, 0.05) is 24.2 Å². The smallest absolute Gasteiger partial charge is 0.326 e. The van der Waals surface area contributed by atoms with Crippen molar-refractivity contribution >= 4 is 11.9 Å². The van der Waals surface area contributed by atoms with Crippen molar-refractivity contribution < 1.29 is 19.1 Å². The lowest BCUT2D eigenvalue weighted by Crippen LogP contribution is -2.51. The zero-order valence-corrected chi connectivity index (χ0v) is 20.1. The molecule has 3 aliphatic rings. The van der Waals surface area contributed by atoms with Crippen molar-refractivity contribution in [2.45, 2.75) is 70.9 Å². The molecule has 1 N–H and O–H groups in total. The third-order valence-electron chi connectivity index (χ3n) is 7.80. The fourth-order valence-corrected chi connectivity index (χ4v) is 5.74. The molecule has 1 aromatic rings. The van der Waals surface area contributed by atoms with Gasteiger partial charge in [-0.2, -0.15) is 0 Å². The highest BCUT2D eigenvalue weighted by atomic mass is 16.5. The quantitative estimate of drug-likeness (QED) is 0.686. The van der Waals surface area contributed by atoms with Gasteiger partial charge >= 0.3 is 6.03 Å². The topological polar surface area (TPSA) is 71.1 Å². The summed E-state index contributed by atoms with van der Waals surface area (Å²) in [5.74, 6) is 2.05. The zero-order chi connectivity index (χ0) is 23.1. The molecule has 2 saturated heterocycles. The van der Waals surface area contributed by atoms with Crippen LogP contribution in [0.4, 0.5) is 4.79 Å². The number of carbonyl (C=O) groups excluding carboxylic acids is 2. The molecule has 4 rings (SSSR count). The van der Waals surface area contributed by atoms with E-state index in [1.165, 1.54) is 4.90 Å². The molecule has 7 nitrogen and oxygen atoms in total. The van der Waals surface area contributed by atoms with Crippen LogP contribution in [-0.4, -0.2) is 54.7 Å². The van der Waals surface area contributed by atoms with Gasteiger partial charge in [0.15, 0.2) is 0 Å². The predicted octanol–water partition coefficient (Wildman–Crippen LogP) is 4.33. The average Bonchev–Trinajstić information content (AvgIpc) is 3.31. The molecule has 176 valence electrons. The lowest BCUT2D eigenvalue weighted by atomic mass is 9.67. The van der Waals surface area contributed by atoms with Crippen LogP contribution in [0.1, 0.15) is 70.9 Å². The minimum atomic E-state index is -0.716. The number of urea groups is 1. The van der Waals surface area contributed by atoms with Gasteiger partial charge in [-0.25, -0.2) is 9.69 Å². The molecule has 1 aliphatic carbocycles. The first kappa shape index (κ1) is 22.9. The van der Waals surface area contributed by atoms with Crippen LogP contribution in [0.25, 0.3) is 0 Å². The molecule has 32 heavy (non-hydrogen) atoms. The number of amides is 3. The highest BCUT2D eigenvalue weighted by molar-refractivity contribution is 6.07. The second-order valence-electron chi connectivity index (χ2n) is 10.6. The molecule has 7 heteroatoms. The molecule has 1 aromatic carbocycles. The van der Waals surface area contributed by atoms with Crippen molar-refractivity contribution in [1.29, 1.82) is 0 Å². The summed E-state index contributed by atoms with van der Waals surface area (Å²) in [5, 5.41) is 3.08. The van der Waals surface area contributed by atoms with Gasteiger partial charge in [0.2, 0.25) is 0 Å². The molecule has 1 spiro atoms. The molecule has 1 saturated carbocycles.